The average Bonchev–Trinajstić information content (AvgIpc) is 2.89. The summed E-state index contributed by atoms with van der Waals surface area (Å²) in [6, 6.07) is 9.66. The summed E-state index contributed by atoms with van der Waals surface area (Å²) in [4.78, 5) is 9.18. The second-order valence-corrected chi connectivity index (χ2v) is 8.02. The Morgan fingerprint density at radius 1 is 1.25 bits per heavy atom. The first kappa shape index (κ1) is 16.7. The number of hydrogen-bond acceptors (Lipinski definition) is 6. The molecular weight excluding hydrogens is 368 g/mol. The van der Waals surface area contributed by atoms with E-state index < -0.39 is 10.0 Å². The van der Waals surface area contributed by atoms with Crippen molar-refractivity contribution in [1.29, 1.82) is 0 Å². The number of nitrogens with two attached hydrogens (primary N) is 1. The van der Waals surface area contributed by atoms with Crippen molar-refractivity contribution in [1.82, 2.24) is 9.97 Å². The monoisotopic (exact) mass is 380 g/mol. The van der Waals surface area contributed by atoms with Gasteiger partial charge in [-0.25, -0.2) is 18.4 Å². The van der Waals surface area contributed by atoms with Gasteiger partial charge in [0.05, 0.1) is 21.2 Å². The zero-order valence-corrected chi connectivity index (χ0v) is 14.9. The van der Waals surface area contributed by atoms with E-state index in [4.69, 9.17) is 17.3 Å². The topological polar surface area (TPSA) is 98.0 Å². The average molecular weight is 381 g/mol. The zero-order valence-electron chi connectivity index (χ0n) is 12.5. The van der Waals surface area contributed by atoms with E-state index in [0.29, 0.717) is 10.7 Å². The number of benzene rings is 1. The van der Waals surface area contributed by atoms with Crippen molar-refractivity contribution in [2.75, 3.05) is 10.5 Å². The fourth-order valence-corrected chi connectivity index (χ4v) is 4.23. The molecule has 0 aliphatic rings. The van der Waals surface area contributed by atoms with Gasteiger partial charge in [0.15, 0.2) is 10.3 Å². The van der Waals surface area contributed by atoms with Crippen LogP contribution in [0.5, 0.6) is 0 Å². The molecule has 2 aromatic heterocycles. The van der Waals surface area contributed by atoms with Gasteiger partial charge in [0, 0.05) is 11.8 Å². The van der Waals surface area contributed by atoms with Crippen molar-refractivity contribution >= 4 is 43.8 Å². The van der Waals surface area contributed by atoms with Crippen LogP contribution in [-0.2, 0) is 10.0 Å². The van der Waals surface area contributed by atoms with Gasteiger partial charge in [-0.15, -0.1) is 0 Å². The maximum absolute atomic E-state index is 12.4. The van der Waals surface area contributed by atoms with Crippen LogP contribution in [0.2, 0.25) is 5.15 Å². The van der Waals surface area contributed by atoms with Gasteiger partial charge in [-0.3, -0.25) is 4.72 Å². The van der Waals surface area contributed by atoms with E-state index in [1.807, 2.05) is 6.92 Å². The summed E-state index contributed by atoms with van der Waals surface area (Å²) in [6.45, 7) is 1.82. The summed E-state index contributed by atoms with van der Waals surface area (Å²) in [5.74, 6) is 0. The molecule has 2 heterocycles. The second-order valence-electron chi connectivity index (χ2n) is 4.95. The Labute approximate surface area is 148 Å². The third-order valence-corrected chi connectivity index (χ3v) is 5.93. The largest absolute Gasteiger partial charge is 0.375 e. The van der Waals surface area contributed by atoms with Crippen molar-refractivity contribution in [2.24, 2.45) is 0 Å². The number of nitrogens with zero attached hydrogens (tertiary/aromatic N) is 2. The van der Waals surface area contributed by atoms with E-state index in [1.165, 1.54) is 23.5 Å². The van der Waals surface area contributed by atoms with Crippen LogP contribution < -0.4 is 10.5 Å². The summed E-state index contributed by atoms with van der Waals surface area (Å²) < 4.78 is 27.4. The minimum Gasteiger partial charge on any atom is -0.375 e. The highest BCUT2D eigenvalue weighted by Gasteiger charge is 2.17. The quantitative estimate of drug-likeness (QED) is 0.674. The van der Waals surface area contributed by atoms with Gasteiger partial charge >= 0.3 is 0 Å². The summed E-state index contributed by atoms with van der Waals surface area (Å²) >= 11 is 7.35. The number of thiazole rings is 1. The number of pyridine rings is 1. The van der Waals surface area contributed by atoms with Gasteiger partial charge in [0.2, 0.25) is 0 Å². The number of sulfonamides is 1. The number of aromatic nitrogens is 2. The molecule has 0 radical (unpaired) electrons. The molecule has 0 bridgehead atoms. The maximum atomic E-state index is 12.4. The highest BCUT2D eigenvalue weighted by molar-refractivity contribution is 7.92. The normalized spacial score (nSPS) is 11.4. The summed E-state index contributed by atoms with van der Waals surface area (Å²) in [7, 11) is -3.75. The first-order valence-electron chi connectivity index (χ1n) is 6.83. The minimum absolute atomic E-state index is 0.0633. The molecule has 24 heavy (non-hydrogen) atoms. The Hall–Kier alpha value is -2.16. The van der Waals surface area contributed by atoms with Crippen molar-refractivity contribution in [3.8, 4) is 10.4 Å². The molecule has 0 spiro atoms. The van der Waals surface area contributed by atoms with E-state index in [-0.39, 0.29) is 15.7 Å². The second kappa shape index (κ2) is 6.39. The van der Waals surface area contributed by atoms with Crippen LogP contribution in [-0.4, -0.2) is 18.4 Å². The molecule has 3 rings (SSSR count). The molecule has 0 atom stereocenters. The molecule has 124 valence electrons. The van der Waals surface area contributed by atoms with Gasteiger partial charge in [0.1, 0.15) is 0 Å². The van der Waals surface area contributed by atoms with Crippen LogP contribution in [0, 0.1) is 6.92 Å². The number of anilines is 2. The Morgan fingerprint density at radius 3 is 2.58 bits per heavy atom. The van der Waals surface area contributed by atoms with Crippen LogP contribution in [0.25, 0.3) is 10.4 Å². The van der Waals surface area contributed by atoms with E-state index in [9.17, 15) is 8.42 Å². The zero-order chi connectivity index (χ0) is 17.3. The van der Waals surface area contributed by atoms with E-state index >= 15 is 0 Å². The van der Waals surface area contributed by atoms with Crippen molar-refractivity contribution in [2.45, 2.75) is 11.8 Å². The van der Waals surface area contributed by atoms with Crippen LogP contribution in [0.15, 0.2) is 47.5 Å². The summed E-state index contributed by atoms with van der Waals surface area (Å²) in [6.07, 6.45) is 1.56. The Balaban J connectivity index is 2.00. The van der Waals surface area contributed by atoms with Crippen LogP contribution in [0.4, 0.5) is 10.8 Å². The first-order chi connectivity index (χ1) is 11.4. The van der Waals surface area contributed by atoms with E-state index in [1.54, 1.807) is 30.5 Å². The van der Waals surface area contributed by atoms with Crippen LogP contribution >= 0.6 is 22.9 Å². The number of nitrogens with one attached hydrogen (secondary N) is 1. The highest BCUT2D eigenvalue weighted by Crippen LogP contribution is 2.34. The van der Waals surface area contributed by atoms with Gasteiger partial charge in [-0.05, 0) is 25.1 Å². The number of nitrogen functional groups attached to an aromatic ring is 1. The van der Waals surface area contributed by atoms with Crippen LogP contribution in [0.3, 0.4) is 0 Å². The lowest BCUT2D eigenvalue weighted by Crippen LogP contribution is -2.13. The fourth-order valence-electron chi connectivity index (χ4n) is 2.13. The fraction of sp³-hybridized carbons (Fsp3) is 0.0667. The lowest BCUT2D eigenvalue weighted by Gasteiger charge is -2.10. The molecule has 0 aliphatic carbocycles. The number of hydrogen-bond donors (Lipinski definition) is 2. The van der Waals surface area contributed by atoms with E-state index in [2.05, 4.69) is 14.7 Å². The van der Waals surface area contributed by atoms with Gasteiger partial charge in [-0.1, -0.05) is 41.1 Å². The molecule has 3 N–H and O–H groups in total. The number of aryl methyl sites for hydroxylation is 1. The first-order valence-corrected chi connectivity index (χ1v) is 9.51. The molecule has 0 aliphatic heterocycles. The summed E-state index contributed by atoms with van der Waals surface area (Å²) in [5, 5.41) is 0.497. The molecular formula is C15H13ClN4O2S2. The van der Waals surface area contributed by atoms with Gasteiger partial charge in [0.25, 0.3) is 10.0 Å². The maximum Gasteiger partial charge on any atom is 0.261 e. The molecule has 0 saturated heterocycles. The SMILES string of the molecule is Cc1nc(N)sc1-c1cnc(Cl)c(NS(=O)(=O)c2ccccc2)c1. The molecule has 0 fully saturated rings. The smallest absolute Gasteiger partial charge is 0.261 e. The molecule has 6 nitrogen and oxygen atoms in total. The lowest BCUT2D eigenvalue weighted by molar-refractivity contribution is 0.601. The molecule has 0 amide bonds. The summed E-state index contributed by atoms with van der Waals surface area (Å²) in [5.41, 5.74) is 7.35. The van der Waals surface area contributed by atoms with Crippen LogP contribution in [0.1, 0.15) is 5.69 Å². The molecule has 0 saturated carbocycles. The van der Waals surface area contributed by atoms with E-state index in [0.717, 1.165) is 10.6 Å². The Bertz CT molecular complexity index is 988. The van der Waals surface area contributed by atoms with Crippen molar-refractivity contribution in [3.63, 3.8) is 0 Å². The Morgan fingerprint density at radius 2 is 1.96 bits per heavy atom. The van der Waals surface area contributed by atoms with Gasteiger partial charge < -0.3 is 5.73 Å². The van der Waals surface area contributed by atoms with Crippen molar-refractivity contribution in [3.05, 3.63) is 53.4 Å². The molecule has 1 aromatic carbocycles. The molecule has 9 heteroatoms. The predicted molar refractivity (Wildman–Crippen MR) is 96.8 cm³/mol. The third kappa shape index (κ3) is 3.35. The number of rotatable bonds is 4. The predicted octanol–water partition coefficient (Wildman–Crippen LogP) is 3.55. The Kier molecular flexibility index (Phi) is 4.44. The molecule has 0 unspecified atom stereocenters. The molecule has 3 aromatic rings. The van der Waals surface area contributed by atoms with Crippen molar-refractivity contribution < 1.29 is 8.42 Å². The third-order valence-electron chi connectivity index (χ3n) is 3.21. The highest BCUT2D eigenvalue weighted by atomic mass is 35.5. The minimum atomic E-state index is -3.75. The lowest BCUT2D eigenvalue weighted by atomic mass is 10.2. The number of halogens is 1. The standard InChI is InChI=1S/C15H13ClN4O2S2/c1-9-13(23-15(17)19-9)10-7-12(14(16)18-8-10)20-24(21,22)11-5-3-2-4-6-11/h2-8,20H,1H3,(H2,17,19). The van der Waals surface area contributed by atoms with Gasteiger partial charge in [-0.2, -0.15) is 0 Å².